The van der Waals surface area contributed by atoms with Crippen LogP contribution in [0.2, 0.25) is 0 Å². The van der Waals surface area contributed by atoms with Crippen LogP contribution in [0.3, 0.4) is 0 Å². The minimum absolute atomic E-state index is 0.105. The van der Waals surface area contributed by atoms with E-state index in [-0.39, 0.29) is 13.2 Å². The summed E-state index contributed by atoms with van der Waals surface area (Å²) in [5, 5.41) is 17.4. The molecule has 0 saturated carbocycles. The number of aliphatic carboxylic acids is 1. The lowest BCUT2D eigenvalue weighted by Gasteiger charge is -2.12. The first kappa shape index (κ1) is 16.4. The maximum Gasteiger partial charge on any atom is 0.332 e. The molecule has 17 heavy (non-hydrogen) atoms. The summed E-state index contributed by atoms with van der Waals surface area (Å²) in [5.41, 5.74) is 0. The molecule has 0 bridgehead atoms. The fourth-order valence-corrected chi connectivity index (χ4v) is 1.76. The molecule has 0 aliphatic rings. The van der Waals surface area contributed by atoms with Gasteiger partial charge in [-0.25, -0.2) is 4.79 Å². The second-order valence-electron chi connectivity index (χ2n) is 4.33. The highest BCUT2D eigenvalue weighted by molar-refractivity contribution is 5.72. The highest BCUT2D eigenvalue weighted by atomic mass is 16.5. The van der Waals surface area contributed by atoms with Crippen LogP contribution in [0, 0.1) is 0 Å². The van der Waals surface area contributed by atoms with Gasteiger partial charge in [0, 0.05) is 0 Å². The molecular weight excluding hydrogens is 220 g/mol. The number of ether oxygens (including phenoxy) is 1. The van der Waals surface area contributed by atoms with Gasteiger partial charge >= 0.3 is 5.97 Å². The van der Waals surface area contributed by atoms with Crippen molar-refractivity contribution in [2.75, 3.05) is 13.2 Å². The Hall–Kier alpha value is -0.610. The quantitative estimate of drug-likeness (QED) is 0.519. The maximum atomic E-state index is 10.8. The lowest BCUT2D eigenvalue weighted by atomic mass is 10.1. The zero-order valence-corrected chi connectivity index (χ0v) is 10.9. The zero-order valence-electron chi connectivity index (χ0n) is 10.9. The van der Waals surface area contributed by atoms with E-state index in [1.807, 2.05) is 0 Å². The van der Waals surface area contributed by atoms with Crippen molar-refractivity contribution in [1.29, 1.82) is 0 Å². The lowest BCUT2D eigenvalue weighted by molar-refractivity contribution is -0.151. The third-order valence-electron chi connectivity index (χ3n) is 2.76. The molecule has 2 N–H and O–H groups in total. The van der Waals surface area contributed by atoms with Gasteiger partial charge in [0.25, 0.3) is 0 Å². The highest BCUT2D eigenvalue weighted by Gasteiger charge is 2.16. The minimum atomic E-state index is -0.926. The van der Waals surface area contributed by atoms with Crippen LogP contribution in [0.25, 0.3) is 0 Å². The first-order valence-electron chi connectivity index (χ1n) is 6.67. The molecule has 102 valence electrons. The van der Waals surface area contributed by atoms with E-state index in [0.717, 1.165) is 12.8 Å². The second-order valence-corrected chi connectivity index (χ2v) is 4.33. The normalized spacial score (nSPS) is 12.6. The summed E-state index contributed by atoms with van der Waals surface area (Å²) in [6.07, 6.45) is 7.97. The smallest absolute Gasteiger partial charge is 0.332 e. The summed E-state index contributed by atoms with van der Waals surface area (Å²) in [4.78, 5) is 10.8. The Labute approximate surface area is 104 Å². The predicted molar refractivity (Wildman–Crippen MR) is 67.1 cm³/mol. The lowest BCUT2D eigenvalue weighted by Crippen LogP contribution is -2.25. The fourth-order valence-electron chi connectivity index (χ4n) is 1.76. The van der Waals surface area contributed by atoms with E-state index in [2.05, 4.69) is 6.92 Å². The van der Waals surface area contributed by atoms with E-state index < -0.39 is 12.1 Å². The van der Waals surface area contributed by atoms with E-state index in [1.165, 1.54) is 32.1 Å². The molecule has 0 amide bonds. The highest BCUT2D eigenvalue weighted by Crippen LogP contribution is 2.11. The molecule has 0 aromatic carbocycles. The van der Waals surface area contributed by atoms with Crippen LogP contribution in [-0.4, -0.2) is 35.5 Å². The maximum absolute atomic E-state index is 10.8. The van der Waals surface area contributed by atoms with Gasteiger partial charge < -0.3 is 14.9 Å². The zero-order chi connectivity index (χ0) is 12.9. The van der Waals surface area contributed by atoms with E-state index in [9.17, 15) is 4.79 Å². The average molecular weight is 246 g/mol. The molecule has 0 radical (unpaired) electrons. The van der Waals surface area contributed by atoms with Crippen LogP contribution in [-0.2, 0) is 9.53 Å². The Morgan fingerprint density at radius 3 is 2.24 bits per heavy atom. The van der Waals surface area contributed by atoms with Crippen molar-refractivity contribution in [3.8, 4) is 0 Å². The van der Waals surface area contributed by atoms with Crippen molar-refractivity contribution in [2.24, 2.45) is 0 Å². The Kier molecular flexibility index (Phi) is 11.4. The van der Waals surface area contributed by atoms with E-state index in [4.69, 9.17) is 14.9 Å². The number of hydrogen-bond donors (Lipinski definition) is 2. The molecule has 0 aliphatic carbocycles. The molecule has 1 atom stereocenters. The monoisotopic (exact) mass is 246 g/mol. The fraction of sp³-hybridized carbons (Fsp3) is 0.923. The van der Waals surface area contributed by atoms with Crippen molar-refractivity contribution < 1.29 is 19.7 Å². The first-order valence-corrected chi connectivity index (χ1v) is 6.67. The summed E-state index contributed by atoms with van der Waals surface area (Å²) >= 11 is 0. The first-order chi connectivity index (χ1) is 8.22. The molecule has 4 heteroatoms. The third-order valence-corrected chi connectivity index (χ3v) is 2.76. The number of hydrogen-bond acceptors (Lipinski definition) is 3. The molecule has 0 aromatic heterocycles. The van der Waals surface area contributed by atoms with Crippen LogP contribution in [0.15, 0.2) is 0 Å². The Morgan fingerprint density at radius 1 is 1.12 bits per heavy atom. The van der Waals surface area contributed by atoms with Gasteiger partial charge in [-0.3, -0.25) is 0 Å². The molecular formula is C13H26O4. The number of unbranched alkanes of at least 4 members (excludes halogenated alkanes) is 6. The average Bonchev–Trinajstić information content (AvgIpc) is 2.31. The van der Waals surface area contributed by atoms with Crippen molar-refractivity contribution in [1.82, 2.24) is 0 Å². The summed E-state index contributed by atoms with van der Waals surface area (Å²) in [7, 11) is 0. The topological polar surface area (TPSA) is 66.8 Å². The van der Waals surface area contributed by atoms with E-state index in [0.29, 0.717) is 6.42 Å². The molecule has 0 aromatic rings. The van der Waals surface area contributed by atoms with Gasteiger partial charge in [-0.2, -0.15) is 0 Å². The van der Waals surface area contributed by atoms with Crippen molar-refractivity contribution in [3.63, 3.8) is 0 Å². The van der Waals surface area contributed by atoms with Crippen molar-refractivity contribution >= 4 is 5.97 Å². The summed E-state index contributed by atoms with van der Waals surface area (Å²) in [5.74, 6) is -0.926. The molecule has 0 heterocycles. The number of aliphatic hydroxyl groups excluding tert-OH is 1. The molecule has 1 unspecified atom stereocenters. The van der Waals surface area contributed by atoms with Gasteiger partial charge in [-0.05, 0) is 6.42 Å². The summed E-state index contributed by atoms with van der Waals surface area (Å²) < 4.78 is 5.05. The van der Waals surface area contributed by atoms with Gasteiger partial charge in [0.05, 0.1) is 13.2 Å². The van der Waals surface area contributed by atoms with Gasteiger partial charge in [-0.15, -0.1) is 0 Å². The van der Waals surface area contributed by atoms with Gasteiger partial charge in [0.1, 0.15) is 0 Å². The second kappa shape index (κ2) is 11.9. The van der Waals surface area contributed by atoms with Crippen LogP contribution in [0.5, 0.6) is 0 Å². The molecule has 0 saturated heterocycles. The number of carboxylic acid groups (broad SMARTS) is 1. The number of aliphatic hydroxyl groups is 1. The Morgan fingerprint density at radius 2 is 1.71 bits per heavy atom. The molecule has 0 rings (SSSR count). The van der Waals surface area contributed by atoms with E-state index in [1.54, 1.807) is 0 Å². The predicted octanol–water partition coefficient (Wildman–Crippen LogP) is 2.59. The van der Waals surface area contributed by atoms with Gasteiger partial charge in [0.15, 0.2) is 6.10 Å². The Balaban J connectivity index is 3.44. The standard InChI is InChI=1S/C13H26O4/c1-2-3-4-5-6-7-8-9-12(13(15)16)17-11-10-14/h12,14H,2-11H2,1H3,(H,15,16). The largest absolute Gasteiger partial charge is 0.479 e. The molecule has 0 aliphatic heterocycles. The van der Waals surface area contributed by atoms with Gasteiger partial charge in [0.2, 0.25) is 0 Å². The summed E-state index contributed by atoms with van der Waals surface area (Å²) in [6, 6.07) is 0. The number of carboxylic acids is 1. The van der Waals surface area contributed by atoms with Crippen LogP contribution < -0.4 is 0 Å². The molecule has 0 spiro atoms. The minimum Gasteiger partial charge on any atom is -0.479 e. The number of carbonyl (C=O) groups is 1. The Bertz CT molecular complexity index is 182. The third kappa shape index (κ3) is 10.3. The van der Waals surface area contributed by atoms with Crippen molar-refractivity contribution in [3.05, 3.63) is 0 Å². The van der Waals surface area contributed by atoms with Gasteiger partial charge in [-0.1, -0.05) is 51.9 Å². The summed E-state index contributed by atoms with van der Waals surface area (Å²) in [6.45, 7) is 2.17. The van der Waals surface area contributed by atoms with E-state index >= 15 is 0 Å². The molecule has 0 fully saturated rings. The van der Waals surface area contributed by atoms with Crippen LogP contribution >= 0.6 is 0 Å². The van der Waals surface area contributed by atoms with Crippen LogP contribution in [0.1, 0.15) is 58.3 Å². The van der Waals surface area contributed by atoms with Crippen molar-refractivity contribution in [2.45, 2.75) is 64.4 Å². The number of rotatable bonds is 12. The SMILES string of the molecule is CCCCCCCCCC(OCCO)C(=O)O. The van der Waals surface area contributed by atoms with Crippen LogP contribution in [0.4, 0.5) is 0 Å². The molecule has 4 nitrogen and oxygen atoms in total.